The van der Waals surface area contributed by atoms with Gasteiger partial charge in [-0.2, -0.15) is 0 Å². The zero-order chi connectivity index (χ0) is 39.5. The first-order valence-electron chi connectivity index (χ1n) is 19.9. The van der Waals surface area contributed by atoms with Gasteiger partial charge in [0.15, 0.2) is 5.58 Å². The van der Waals surface area contributed by atoms with Crippen LogP contribution in [-0.2, 0) is 0 Å². The average molecular weight is 702 g/mol. The van der Waals surface area contributed by atoms with Crippen LogP contribution < -0.4 is 4.90 Å². The molecule has 0 saturated heterocycles. The Labute approximate surface area is 318 Å². The van der Waals surface area contributed by atoms with Gasteiger partial charge in [0, 0.05) is 33.3 Å². The number of anilines is 3. The molecular weight excluding hydrogens is 665 g/mol. The Morgan fingerprint density at radius 3 is 1.83 bits per heavy atom. The van der Waals surface area contributed by atoms with E-state index in [9.17, 15) is 0 Å². The molecule has 10 rings (SSSR count). The number of hydrogen-bond acceptors (Lipinski definition) is 4. The van der Waals surface area contributed by atoms with Gasteiger partial charge in [0.05, 0.1) is 22.8 Å². The van der Waals surface area contributed by atoms with E-state index in [2.05, 4.69) is 89.8 Å². The van der Waals surface area contributed by atoms with Gasteiger partial charge in [0.25, 0.3) is 0 Å². The standard InChI is InChI=1S/C49H32N2OS/c1-3-11-33(12-4-1)35-23-27-39(28-24-35)51(40-29-25-36(26-30-40)34-13-5-2-6-14-34)47-41(31-32-43-42-15-7-9-17-45(42)52-48(43)47)37-19-21-38(22-20-37)49-50-44-16-8-10-18-46(44)53-49/h1-32H/i1D,3D,4D,11D,12D. The third-order valence-corrected chi connectivity index (χ3v) is 10.7. The molecule has 8 aromatic carbocycles. The van der Waals surface area contributed by atoms with E-state index in [1.807, 2.05) is 78.9 Å². The summed E-state index contributed by atoms with van der Waals surface area (Å²) in [7, 11) is 0. The summed E-state index contributed by atoms with van der Waals surface area (Å²) in [4.78, 5) is 7.08. The molecule has 0 bridgehead atoms. The molecular formula is C49H32N2OS. The Kier molecular flexibility index (Phi) is 6.45. The fourth-order valence-corrected chi connectivity index (χ4v) is 8.00. The van der Waals surface area contributed by atoms with Crippen molar-refractivity contribution >= 4 is 60.6 Å². The third kappa shape index (κ3) is 5.66. The van der Waals surface area contributed by atoms with Crippen molar-refractivity contribution in [3.63, 3.8) is 0 Å². The van der Waals surface area contributed by atoms with Crippen LogP contribution >= 0.6 is 11.3 Å². The van der Waals surface area contributed by atoms with E-state index in [1.165, 1.54) is 0 Å². The number of benzene rings is 8. The van der Waals surface area contributed by atoms with Crippen LogP contribution in [0.25, 0.3) is 76.1 Å². The number of para-hydroxylation sites is 2. The van der Waals surface area contributed by atoms with Crippen molar-refractivity contribution in [2.24, 2.45) is 0 Å². The number of rotatable bonds is 7. The first-order chi connectivity index (χ1) is 28.3. The van der Waals surface area contributed by atoms with Crippen LogP contribution in [0.3, 0.4) is 0 Å². The van der Waals surface area contributed by atoms with Gasteiger partial charge in [-0.1, -0.05) is 145 Å². The molecule has 0 aliphatic rings. The first-order valence-corrected chi connectivity index (χ1v) is 18.2. The molecule has 0 atom stereocenters. The van der Waals surface area contributed by atoms with E-state index in [1.54, 1.807) is 11.3 Å². The van der Waals surface area contributed by atoms with Gasteiger partial charge in [-0.25, -0.2) is 4.98 Å². The lowest BCUT2D eigenvalue weighted by molar-refractivity contribution is 0.669. The summed E-state index contributed by atoms with van der Waals surface area (Å²) in [5.74, 6) is 0. The minimum Gasteiger partial charge on any atom is -0.454 e. The van der Waals surface area contributed by atoms with Crippen molar-refractivity contribution in [1.82, 2.24) is 4.98 Å². The van der Waals surface area contributed by atoms with E-state index in [-0.39, 0.29) is 29.7 Å². The summed E-state index contributed by atoms with van der Waals surface area (Å²) in [6.45, 7) is 0. The van der Waals surface area contributed by atoms with Crippen LogP contribution in [-0.4, -0.2) is 4.98 Å². The van der Waals surface area contributed by atoms with E-state index >= 15 is 0 Å². The molecule has 2 heterocycles. The number of thiazole rings is 1. The maximum absolute atomic E-state index is 8.64. The normalized spacial score (nSPS) is 12.7. The second-order valence-corrected chi connectivity index (χ2v) is 13.8. The molecule has 3 nitrogen and oxygen atoms in total. The Morgan fingerprint density at radius 2 is 1.09 bits per heavy atom. The highest BCUT2D eigenvalue weighted by Gasteiger charge is 2.24. The van der Waals surface area contributed by atoms with Crippen LogP contribution in [0, 0.1) is 0 Å². The summed E-state index contributed by atoms with van der Waals surface area (Å²) in [5.41, 5.74) is 10.8. The molecule has 0 unspecified atom stereocenters. The highest BCUT2D eigenvalue weighted by Crippen LogP contribution is 2.48. The molecule has 0 saturated carbocycles. The molecule has 2 aromatic heterocycles. The largest absolute Gasteiger partial charge is 0.454 e. The first kappa shape index (κ1) is 26.1. The Bertz CT molecular complexity index is 3100. The number of fused-ring (bicyclic) bond motifs is 4. The SMILES string of the molecule is [2H]c1c([2H])c([2H])c(-c2ccc(N(c3ccc(-c4ccccc4)cc3)c3c(-c4ccc(-c5nc6ccccc6s5)cc4)ccc4c3oc3ccccc34)cc2)c([2H])c1[2H]. The fourth-order valence-electron chi connectivity index (χ4n) is 7.03. The van der Waals surface area contributed by atoms with Crippen molar-refractivity contribution in [2.45, 2.75) is 0 Å². The summed E-state index contributed by atoms with van der Waals surface area (Å²) >= 11 is 1.67. The van der Waals surface area contributed by atoms with Crippen LogP contribution in [0.1, 0.15) is 6.85 Å². The molecule has 0 amide bonds. The maximum Gasteiger partial charge on any atom is 0.160 e. The van der Waals surface area contributed by atoms with Crippen molar-refractivity contribution in [2.75, 3.05) is 4.90 Å². The minimum absolute atomic E-state index is 0.157. The van der Waals surface area contributed by atoms with Crippen molar-refractivity contribution in [3.05, 3.63) is 194 Å². The van der Waals surface area contributed by atoms with Crippen LogP contribution in [0.5, 0.6) is 0 Å². The highest BCUT2D eigenvalue weighted by molar-refractivity contribution is 7.21. The smallest absolute Gasteiger partial charge is 0.160 e. The number of hydrogen-bond donors (Lipinski definition) is 0. The van der Waals surface area contributed by atoms with E-state index in [4.69, 9.17) is 16.3 Å². The second-order valence-electron chi connectivity index (χ2n) is 12.8. The molecule has 250 valence electrons. The summed E-state index contributed by atoms with van der Waals surface area (Å²) in [5, 5.41) is 2.94. The van der Waals surface area contributed by atoms with Gasteiger partial charge in [-0.3, -0.25) is 0 Å². The van der Waals surface area contributed by atoms with E-state index in [0.29, 0.717) is 5.56 Å². The van der Waals surface area contributed by atoms with E-state index < -0.39 is 6.04 Å². The number of furan rings is 1. The average Bonchev–Trinajstić information content (AvgIpc) is 3.89. The topological polar surface area (TPSA) is 29.3 Å². The van der Waals surface area contributed by atoms with Crippen molar-refractivity contribution in [3.8, 4) is 44.0 Å². The lowest BCUT2D eigenvalue weighted by Crippen LogP contribution is -2.11. The van der Waals surface area contributed by atoms with Crippen LogP contribution in [0.4, 0.5) is 17.1 Å². The minimum atomic E-state index is -0.417. The molecule has 0 fully saturated rings. The lowest BCUT2D eigenvalue weighted by Gasteiger charge is -2.28. The zero-order valence-corrected chi connectivity index (χ0v) is 29.1. The summed E-state index contributed by atoms with van der Waals surface area (Å²) in [6, 6.07) is 53.6. The highest BCUT2D eigenvalue weighted by atomic mass is 32.1. The molecule has 53 heavy (non-hydrogen) atoms. The monoisotopic (exact) mass is 701 g/mol. The summed E-state index contributed by atoms with van der Waals surface area (Å²) < 4.78 is 49.9. The van der Waals surface area contributed by atoms with Crippen molar-refractivity contribution in [1.29, 1.82) is 0 Å². The molecule has 0 aliphatic heterocycles. The van der Waals surface area contributed by atoms with Gasteiger partial charge < -0.3 is 9.32 Å². The molecule has 4 heteroatoms. The van der Waals surface area contributed by atoms with Gasteiger partial charge in [-0.05, 0) is 76.3 Å². The Balaban J connectivity index is 1.18. The quantitative estimate of drug-likeness (QED) is 0.166. The van der Waals surface area contributed by atoms with Crippen LogP contribution in [0.15, 0.2) is 198 Å². The second kappa shape index (κ2) is 13.1. The van der Waals surface area contributed by atoms with Gasteiger partial charge in [0.1, 0.15) is 10.6 Å². The fraction of sp³-hybridized carbons (Fsp3) is 0. The summed E-state index contributed by atoms with van der Waals surface area (Å²) in [6.07, 6.45) is 0. The zero-order valence-electron chi connectivity index (χ0n) is 33.3. The predicted octanol–water partition coefficient (Wildman–Crippen LogP) is 14.3. The predicted molar refractivity (Wildman–Crippen MR) is 223 cm³/mol. The third-order valence-electron chi connectivity index (χ3n) is 9.63. The molecule has 0 N–H and O–H groups in total. The number of nitrogens with zero attached hydrogens (tertiary/aromatic N) is 2. The van der Waals surface area contributed by atoms with Gasteiger partial charge >= 0.3 is 0 Å². The number of aromatic nitrogens is 1. The lowest BCUT2D eigenvalue weighted by atomic mass is 9.97. The van der Waals surface area contributed by atoms with Gasteiger partial charge in [-0.15, -0.1) is 11.3 Å². The Hall–Kier alpha value is -6.75. The van der Waals surface area contributed by atoms with Crippen LogP contribution in [0.2, 0.25) is 0 Å². The van der Waals surface area contributed by atoms with Gasteiger partial charge in [0.2, 0.25) is 0 Å². The molecule has 0 aliphatic carbocycles. The van der Waals surface area contributed by atoms with E-state index in [0.717, 1.165) is 82.0 Å². The van der Waals surface area contributed by atoms with Crippen molar-refractivity contribution < 1.29 is 11.3 Å². The molecule has 0 radical (unpaired) electrons. The Morgan fingerprint density at radius 1 is 0.491 bits per heavy atom. The molecule has 0 spiro atoms. The molecule has 10 aromatic rings. The maximum atomic E-state index is 8.64.